The summed E-state index contributed by atoms with van der Waals surface area (Å²) in [5, 5.41) is 2.63. The van der Waals surface area contributed by atoms with E-state index >= 15 is 0 Å². The van der Waals surface area contributed by atoms with Crippen LogP contribution < -0.4 is 11.1 Å². The maximum Gasteiger partial charge on any atom is 0.471 e. The molecule has 0 unspecified atom stereocenters. The van der Waals surface area contributed by atoms with Crippen LogP contribution in [0.3, 0.4) is 0 Å². The van der Waals surface area contributed by atoms with Crippen molar-refractivity contribution in [2.45, 2.75) is 39.0 Å². The molecule has 0 radical (unpaired) electrons. The van der Waals surface area contributed by atoms with Crippen LogP contribution in [0.2, 0.25) is 0 Å². The van der Waals surface area contributed by atoms with Crippen molar-refractivity contribution >= 4 is 29.9 Å². The quantitative estimate of drug-likeness (QED) is 0.795. The Hall–Kier alpha value is -1.80. The number of nitrogens with one attached hydrogen (secondary N) is 1. The molecule has 0 aliphatic carbocycles. The molecule has 1 aromatic carbocycles. The van der Waals surface area contributed by atoms with Gasteiger partial charge >= 0.3 is 12.1 Å². The highest BCUT2D eigenvalue weighted by Crippen LogP contribution is 2.20. The predicted octanol–water partition coefficient (Wildman–Crippen LogP) is 2.94. The van der Waals surface area contributed by atoms with E-state index in [4.69, 9.17) is 5.73 Å². The molecule has 0 saturated heterocycles. The number of rotatable bonds is 6. The molecule has 0 aliphatic heterocycles. The number of carbonyl (C=O) groups is 2. The average Bonchev–Trinajstić information content (AvgIpc) is 2.44. The summed E-state index contributed by atoms with van der Waals surface area (Å²) in [6, 6.07) is 5.62. The summed E-state index contributed by atoms with van der Waals surface area (Å²) in [6.07, 6.45) is -4.39. The van der Waals surface area contributed by atoms with Gasteiger partial charge in [-0.05, 0) is 30.0 Å². The van der Waals surface area contributed by atoms with Crippen molar-refractivity contribution in [2.24, 2.45) is 11.7 Å². The first kappa shape index (κ1) is 23.2. The van der Waals surface area contributed by atoms with E-state index in [-0.39, 0.29) is 30.8 Å². The first-order valence-corrected chi connectivity index (χ1v) is 7.48. The third-order valence-corrected chi connectivity index (χ3v) is 3.27. The molecule has 1 rings (SSSR count). The van der Waals surface area contributed by atoms with Gasteiger partial charge < -0.3 is 16.0 Å². The molecular weight excluding hydrogens is 359 g/mol. The molecule has 0 bridgehead atoms. The van der Waals surface area contributed by atoms with Gasteiger partial charge in [-0.2, -0.15) is 13.2 Å². The number of hydrogen-bond donors (Lipinski definition) is 2. The lowest BCUT2D eigenvalue weighted by atomic mass is 10.0. The smallest absolute Gasteiger partial charge is 0.334 e. The highest BCUT2D eigenvalue weighted by molar-refractivity contribution is 5.94. The monoisotopic (exact) mass is 381 g/mol. The number of alkyl halides is 3. The summed E-state index contributed by atoms with van der Waals surface area (Å²) in [5.41, 5.74) is 6.67. The van der Waals surface area contributed by atoms with Crippen molar-refractivity contribution in [3.05, 3.63) is 29.8 Å². The van der Waals surface area contributed by atoms with Crippen LogP contribution >= 0.6 is 12.4 Å². The summed E-state index contributed by atoms with van der Waals surface area (Å²) in [4.78, 5) is 23.7. The van der Waals surface area contributed by atoms with Gasteiger partial charge in [-0.25, -0.2) is 0 Å². The van der Waals surface area contributed by atoms with Crippen LogP contribution in [0.1, 0.15) is 25.8 Å². The number of benzene rings is 1. The van der Waals surface area contributed by atoms with Crippen molar-refractivity contribution < 1.29 is 22.8 Å². The second-order valence-electron chi connectivity index (χ2n) is 6.08. The van der Waals surface area contributed by atoms with Crippen LogP contribution in [-0.2, 0) is 16.1 Å². The van der Waals surface area contributed by atoms with Crippen LogP contribution in [0.15, 0.2) is 24.3 Å². The molecule has 5 nitrogen and oxygen atoms in total. The Morgan fingerprint density at radius 2 is 1.88 bits per heavy atom. The number of nitrogens with two attached hydrogens (primary N) is 1. The lowest BCUT2D eigenvalue weighted by Crippen LogP contribution is -2.38. The highest BCUT2D eigenvalue weighted by Gasteiger charge is 2.41. The number of anilines is 1. The lowest BCUT2D eigenvalue weighted by Gasteiger charge is -2.19. The van der Waals surface area contributed by atoms with Gasteiger partial charge in [0.25, 0.3) is 0 Å². The molecule has 2 amide bonds. The molecule has 0 saturated carbocycles. The molecule has 0 heterocycles. The fraction of sp³-hybridized carbons (Fsp3) is 0.500. The summed E-state index contributed by atoms with van der Waals surface area (Å²) in [7, 11) is 1.07. The molecule has 0 aromatic heterocycles. The minimum absolute atomic E-state index is 0. The average molecular weight is 382 g/mol. The summed E-state index contributed by atoms with van der Waals surface area (Å²) < 4.78 is 37.2. The minimum Gasteiger partial charge on any atom is -0.334 e. The van der Waals surface area contributed by atoms with Crippen molar-refractivity contribution in [3.8, 4) is 0 Å². The predicted molar refractivity (Wildman–Crippen MR) is 92.3 cm³/mol. The molecule has 1 aromatic rings. The number of hydrogen-bond acceptors (Lipinski definition) is 3. The molecule has 0 spiro atoms. The van der Waals surface area contributed by atoms with Gasteiger partial charge in [0.2, 0.25) is 5.91 Å². The fourth-order valence-electron chi connectivity index (χ4n) is 2.16. The van der Waals surface area contributed by atoms with Crippen molar-refractivity contribution in [3.63, 3.8) is 0 Å². The van der Waals surface area contributed by atoms with E-state index in [9.17, 15) is 22.8 Å². The number of carbonyl (C=O) groups excluding carboxylic acids is 2. The lowest BCUT2D eigenvalue weighted by molar-refractivity contribution is -0.184. The Balaban J connectivity index is 0.00000576. The van der Waals surface area contributed by atoms with E-state index in [0.29, 0.717) is 22.6 Å². The number of nitrogens with zero attached hydrogens (tertiary/aromatic N) is 1. The van der Waals surface area contributed by atoms with E-state index in [1.807, 2.05) is 13.8 Å². The fourth-order valence-corrected chi connectivity index (χ4v) is 2.16. The Morgan fingerprint density at radius 3 is 2.40 bits per heavy atom. The van der Waals surface area contributed by atoms with E-state index in [2.05, 4.69) is 5.32 Å². The van der Waals surface area contributed by atoms with E-state index in [0.717, 1.165) is 7.05 Å². The third kappa shape index (κ3) is 7.74. The number of halogens is 4. The van der Waals surface area contributed by atoms with Gasteiger partial charge in [0.15, 0.2) is 0 Å². The Labute approximate surface area is 151 Å². The summed E-state index contributed by atoms with van der Waals surface area (Å²) in [5.74, 6) is -2.02. The third-order valence-electron chi connectivity index (χ3n) is 3.27. The Kier molecular flexibility index (Phi) is 8.93. The largest absolute Gasteiger partial charge is 0.471 e. The Morgan fingerprint density at radius 1 is 1.28 bits per heavy atom. The highest BCUT2D eigenvalue weighted by atomic mass is 35.5. The zero-order valence-electron chi connectivity index (χ0n) is 14.3. The van der Waals surface area contributed by atoms with E-state index < -0.39 is 18.1 Å². The second kappa shape index (κ2) is 9.62. The van der Waals surface area contributed by atoms with Gasteiger partial charge in [0.05, 0.1) is 6.04 Å². The first-order valence-electron chi connectivity index (χ1n) is 7.48. The van der Waals surface area contributed by atoms with Gasteiger partial charge in [-0.3, -0.25) is 9.59 Å². The normalized spacial score (nSPS) is 12.3. The van der Waals surface area contributed by atoms with Crippen molar-refractivity contribution in [2.75, 3.05) is 12.4 Å². The van der Waals surface area contributed by atoms with E-state index in [1.165, 1.54) is 6.07 Å². The molecule has 25 heavy (non-hydrogen) atoms. The minimum atomic E-state index is -4.91. The van der Waals surface area contributed by atoms with Gasteiger partial charge in [-0.1, -0.05) is 26.0 Å². The molecular formula is C16H23ClF3N3O2. The van der Waals surface area contributed by atoms with E-state index in [1.54, 1.807) is 18.2 Å². The van der Waals surface area contributed by atoms with Crippen LogP contribution in [-0.4, -0.2) is 36.0 Å². The summed E-state index contributed by atoms with van der Waals surface area (Å²) in [6.45, 7) is 3.67. The molecule has 1 atom stereocenters. The standard InChI is InChI=1S/C16H22F3N3O2.ClH/c1-10(2)7-13(20)14(23)21-12-6-4-5-11(8-12)9-22(3)15(24)16(17,18)19;/h4-6,8,10,13H,7,9,20H2,1-3H3,(H,21,23);1H/t13-;/m0./s1. The van der Waals surface area contributed by atoms with Crippen molar-refractivity contribution in [1.29, 1.82) is 0 Å². The van der Waals surface area contributed by atoms with Crippen LogP contribution in [0, 0.1) is 5.92 Å². The molecule has 142 valence electrons. The Bertz CT molecular complexity index is 594. The van der Waals surface area contributed by atoms with Crippen LogP contribution in [0.4, 0.5) is 18.9 Å². The van der Waals surface area contributed by atoms with Gasteiger partial charge in [0.1, 0.15) is 0 Å². The van der Waals surface area contributed by atoms with Crippen LogP contribution in [0.5, 0.6) is 0 Å². The SMILES string of the molecule is CC(C)C[C@H](N)C(=O)Nc1cccc(CN(C)C(=O)C(F)(F)F)c1.Cl. The maximum atomic E-state index is 12.4. The molecule has 0 aliphatic rings. The number of amides is 2. The molecule has 0 fully saturated rings. The zero-order valence-corrected chi connectivity index (χ0v) is 15.1. The second-order valence-corrected chi connectivity index (χ2v) is 6.08. The first-order chi connectivity index (χ1) is 11.0. The van der Waals surface area contributed by atoms with Gasteiger partial charge in [-0.15, -0.1) is 12.4 Å². The topological polar surface area (TPSA) is 75.4 Å². The molecule has 9 heteroatoms. The maximum absolute atomic E-state index is 12.4. The summed E-state index contributed by atoms with van der Waals surface area (Å²) >= 11 is 0. The van der Waals surface area contributed by atoms with Crippen molar-refractivity contribution in [1.82, 2.24) is 4.90 Å². The molecule has 3 N–H and O–H groups in total. The zero-order chi connectivity index (χ0) is 18.5. The van der Waals surface area contributed by atoms with Crippen LogP contribution in [0.25, 0.3) is 0 Å². The van der Waals surface area contributed by atoms with Gasteiger partial charge in [0, 0.05) is 19.3 Å².